The van der Waals surface area contributed by atoms with Crippen molar-refractivity contribution in [1.82, 2.24) is 10.3 Å². The molecule has 120 valence electrons. The van der Waals surface area contributed by atoms with Crippen LogP contribution < -0.4 is 5.32 Å². The first-order valence-electron chi connectivity index (χ1n) is 7.47. The van der Waals surface area contributed by atoms with Gasteiger partial charge in [-0.25, -0.2) is 4.98 Å². The fraction of sp³-hybridized carbons (Fsp3) is 0.294. The van der Waals surface area contributed by atoms with E-state index in [1.54, 1.807) is 12.1 Å². The molecule has 0 spiro atoms. The van der Waals surface area contributed by atoms with Gasteiger partial charge in [0.15, 0.2) is 11.3 Å². The quantitative estimate of drug-likeness (QED) is 0.689. The molecule has 3 rings (SSSR count). The molecule has 0 saturated carbocycles. The summed E-state index contributed by atoms with van der Waals surface area (Å²) in [6.45, 7) is 4.72. The molecule has 1 amide bonds. The fourth-order valence-corrected chi connectivity index (χ4v) is 2.74. The standard InChI is InChI=1S/C17H18N2O3S/c1-11(2)9-18-16(20)15-8-7-12(21-15)10-23-17-19-13-5-3-4-6-14(13)22-17/h3-8,11H,9-10H2,1-2H3,(H,18,20). The van der Waals surface area contributed by atoms with Gasteiger partial charge in [0.2, 0.25) is 0 Å². The van der Waals surface area contributed by atoms with Gasteiger partial charge in [0.05, 0.1) is 5.75 Å². The maximum Gasteiger partial charge on any atom is 0.287 e. The van der Waals surface area contributed by atoms with Crippen molar-refractivity contribution < 1.29 is 13.6 Å². The molecule has 1 N–H and O–H groups in total. The molecule has 0 saturated heterocycles. The van der Waals surface area contributed by atoms with Crippen molar-refractivity contribution in [3.63, 3.8) is 0 Å². The summed E-state index contributed by atoms with van der Waals surface area (Å²) in [6.07, 6.45) is 0. The Morgan fingerprint density at radius 3 is 2.83 bits per heavy atom. The molecule has 5 nitrogen and oxygen atoms in total. The van der Waals surface area contributed by atoms with E-state index < -0.39 is 0 Å². The first-order chi connectivity index (χ1) is 11.1. The Kier molecular flexibility index (Phi) is 4.71. The van der Waals surface area contributed by atoms with Crippen molar-refractivity contribution in [1.29, 1.82) is 0 Å². The number of hydrogen-bond acceptors (Lipinski definition) is 5. The van der Waals surface area contributed by atoms with Crippen molar-refractivity contribution in [3.8, 4) is 0 Å². The molecule has 0 aliphatic carbocycles. The zero-order chi connectivity index (χ0) is 16.2. The number of amides is 1. The van der Waals surface area contributed by atoms with Gasteiger partial charge in [0.25, 0.3) is 11.1 Å². The van der Waals surface area contributed by atoms with Crippen LogP contribution >= 0.6 is 11.8 Å². The summed E-state index contributed by atoms with van der Waals surface area (Å²) in [5.41, 5.74) is 1.60. The number of benzene rings is 1. The fourth-order valence-electron chi connectivity index (χ4n) is 2.01. The van der Waals surface area contributed by atoms with Crippen LogP contribution in [0.15, 0.2) is 50.5 Å². The van der Waals surface area contributed by atoms with Gasteiger partial charge in [-0.3, -0.25) is 4.79 Å². The monoisotopic (exact) mass is 330 g/mol. The first kappa shape index (κ1) is 15.7. The van der Waals surface area contributed by atoms with Gasteiger partial charge >= 0.3 is 0 Å². The molecule has 23 heavy (non-hydrogen) atoms. The lowest BCUT2D eigenvalue weighted by Gasteiger charge is -2.05. The molecular formula is C17H18N2O3S. The summed E-state index contributed by atoms with van der Waals surface area (Å²) in [5, 5.41) is 3.42. The second kappa shape index (κ2) is 6.91. The zero-order valence-electron chi connectivity index (χ0n) is 13.0. The minimum atomic E-state index is -0.184. The zero-order valence-corrected chi connectivity index (χ0v) is 13.9. The Morgan fingerprint density at radius 1 is 1.22 bits per heavy atom. The van der Waals surface area contributed by atoms with Crippen LogP contribution in [0.5, 0.6) is 0 Å². The van der Waals surface area contributed by atoms with Gasteiger partial charge in [-0.2, -0.15) is 0 Å². The largest absolute Gasteiger partial charge is 0.455 e. The van der Waals surface area contributed by atoms with Crippen LogP contribution in [0.25, 0.3) is 11.1 Å². The molecular weight excluding hydrogens is 312 g/mol. The second-order valence-electron chi connectivity index (χ2n) is 5.61. The van der Waals surface area contributed by atoms with Gasteiger partial charge in [0.1, 0.15) is 11.3 Å². The van der Waals surface area contributed by atoms with Gasteiger partial charge < -0.3 is 14.2 Å². The Labute approximate surface area is 138 Å². The number of nitrogens with zero attached hydrogens (tertiary/aromatic N) is 1. The number of para-hydroxylation sites is 2. The van der Waals surface area contributed by atoms with Crippen LogP contribution in [0.2, 0.25) is 0 Å². The highest BCUT2D eigenvalue weighted by Gasteiger charge is 2.12. The van der Waals surface area contributed by atoms with E-state index in [1.807, 2.05) is 38.1 Å². The van der Waals surface area contributed by atoms with Crippen LogP contribution in [-0.4, -0.2) is 17.4 Å². The van der Waals surface area contributed by atoms with Crippen molar-refractivity contribution >= 4 is 28.8 Å². The molecule has 2 aromatic heterocycles. The summed E-state index contributed by atoms with van der Waals surface area (Å²) in [4.78, 5) is 16.3. The number of aromatic nitrogens is 1. The Morgan fingerprint density at radius 2 is 2.04 bits per heavy atom. The highest BCUT2D eigenvalue weighted by atomic mass is 32.2. The van der Waals surface area contributed by atoms with Gasteiger partial charge in [-0.05, 0) is 30.2 Å². The Hall–Kier alpha value is -2.21. The molecule has 0 aliphatic rings. The summed E-state index contributed by atoms with van der Waals surface area (Å²) in [6, 6.07) is 11.1. The third-order valence-electron chi connectivity index (χ3n) is 3.17. The lowest BCUT2D eigenvalue weighted by atomic mass is 10.2. The van der Waals surface area contributed by atoms with Crippen LogP contribution in [0, 0.1) is 5.92 Å². The van der Waals surface area contributed by atoms with Gasteiger partial charge in [-0.15, -0.1) is 0 Å². The van der Waals surface area contributed by atoms with E-state index in [9.17, 15) is 4.79 Å². The maximum atomic E-state index is 11.9. The normalized spacial score (nSPS) is 11.3. The van der Waals surface area contributed by atoms with Crippen molar-refractivity contribution in [2.75, 3.05) is 6.54 Å². The minimum Gasteiger partial charge on any atom is -0.455 e. The molecule has 0 bridgehead atoms. The lowest BCUT2D eigenvalue weighted by molar-refractivity contribution is 0.0920. The minimum absolute atomic E-state index is 0.184. The smallest absolute Gasteiger partial charge is 0.287 e. The number of carbonyl (C=O) groups excluding carboxylic acids is 1. The van der Waals surface area contributed by atoms with E-state index in [4.69, 9.17) is 8.83 Å². The number of hydrogen-bond donors (Lipinski definition) is 1. The average molecular weight is 330 g/mol. The first-order valence-corrected chi connectivity index (χ1v) is 8.45. The molecule has 6 heteroatoms. The summed E-state index contributed by atoms with van der Waals surface area (Å²) >= 11 is 1.44. The second-order valence-corrected chi connectivity index (χ2v) is 6.53. The van der Waals surface area contributed by atoms with Gasteiger partial charge in [0, 0.05) is 6.54 Å². The summed E-state index contributed by atoms with van der Waals surface area (Å²) < 4.78 is 11.2. The SMILES string of the molecule is CC(C)CNC(=O)c1ccc(CSc2nc3ccccc3o2)o1. The predicted molar refractivity (Wildman–Crippen MR) is 89.4 cm³/mol. The molecule has 3 aromatic rings. The van der Waals surface area contributed by atoms with Crippen LogP contribution in [0.1, 0.15) is 30.2 Å². The third-order valence-corrected chi connectivity index (χ3v) is 4.02. The van der Waals surface area contributed by atoms with Gasteiger partial charge in [-0.1, -0.05) is 37.7 Å². The van der Waals surface area contributed by atoms with Crippen molar-refractivity contribution in [2.45, 2.75) is 24.8 Å². The number of rotatable bonds is 6. The lowest BCUT2D eigenvalue weighted by Crippen LogP contribution is -2.26. The van der Waals surface area contributed by atoms with Crippen LogP contribution in [-0.2, 0) is 5.75 Å². The van der Waals surface area contributed by atoms with E-state index in [2.05, 4.69) is 10.3 Å². The summed E-state index contributed by atoms with van der Waals surface area (Å²) in [7, 11) is 0. The van der Waals surface area contributed by atoms with Crippen LogP contribution in [0.4, 0.5) is 0 Å². The van der Waals surface area contributed by atoms with E-state index in [0.717, 1.165) is 11.1 Å². The highest BCUT2D eigenvalue weighted by molar-refractivity contribution is 7.98. The molecule has 1 aromatic carbocycles. The van der Waals surface area contributed by atoms with E-state index in [1.165, 1.54) is 11.8 Å². The topological polar surface area (TPSA) is 68.3 Å². The Bertz CT molecular complexity index is 774. The number of fused-ring (bicyclic) bond motifs is 1. The molecule has 0 atom stereocenters. The van der Waals surface area contributed by atoms with Crippen molar-refractivity contribution in [3.05, 3.63) is 47.9 Å². The predicted octanol–water partition coefficient (Wildman–Crippen LogP) is 4.10. The maximum absolute atomic E-state index is 11.9. The molecule has 0 unspecified atom stereocenters. The number of thioether (sulfide) groups is 1. The Balaban J connectivity index is 1.59. The third kappa shape index (κ3) is 3.96. The van der Waals surface area contributed by atoms with Crippen LogP contribution in [0.3, 0.4) is 0 Å². The van der Waals surface area contributed by atoms with E-state index in [0.29, 0.717) is 35.0 Å². The number of furan rings is 1. The van der Waals surface area contributed by atoms with E-state index in [-0.39, 0.29) is 5.91 Å². The van der Waals surface area contributed by atoms with Crippen molar-refractivity contribution in [2.24, 2.45) is 5.92 Å². The van der Waals surface area contributed by atoms with E-state index >= 15 is 0 Å². The number of nitrogens with one attached hydrogen (secondary N) is 1. The number of carbonyl (C=O) groups is 1. The number of oxazole rings is 1. The molecule has 0 radical (unpaired) electrons. The molecule has 0 aliphatic heterocycles. The molecule has 2 heterocycles. The highest BCUT2D eigenvalue weighted by Crippen LogP contribution is 2.26. The molecule has 0 fully saturated rings. The summed E-state index contributed by atoms with van der Waals surface area (Å²) in [5.74, 6) is 1.83. The average Bonchev–Trinajstić information content (AvgIpc) is 3.16.